The molecule has 0 saturated carbocycles. The molecular formula is C6H13N. The van der Waals surface area contributed by atoms with Crippen LogP contribution in [-0.2, 0) is 0 Å². The van der Waals surface area contributed by atoms with E-state index in [2.05, 4.69) is 25.8 Å². The molecule has 7 heavy (non-hydrogen) atoms. The van der Waals surface area contributed by atoms with Gasteiger partial charge in [0.15, 0.2) is 0 Å². The average molecular weight is 99.2 g/mol. The maximum absolute atomic E-state index is 2.39. The molecule has 0 N–H and O–H groups in total. The Kier molecular flexibility index (Phi) is 1.08. The number of rotatable bonds is 0. The highest BCUT2D eigenvalue weighted by molar-refractivity contribution is 4.83. The van der Waals surface area contributed by atoms with E-state index in [1.54, 1.807) is 0 Å². The summed E-state index contributed by atoms with van der Waals surface area (Å²) in [5.74, 6) is 0. The molecule has 1 aliphatic rings. The highest BCUT2D eigenvalue weighted by Crippen LogP contribution is 2.21. The van der Waals surface area contributed by atoms with E-state index in [1.165, 1.54) is 6.42 Å². The minimum atomic E-state index is 0.843. The van der Waals surface area contributed by atoms with E-state index < -0.39 is 0 Å². The predicted molar refractivity (Wildman–Crippen MR) is 31.3 cm³/mol. The Labute approximate surface area is 45.3 Å². The molecule has 42 valence electrons. The Morgan fingerprint density at radius 3 is 1.71 bits per heavy atom. The highest BCUT2D eigenvalue weighted by Gasteiger charge is 2.26. The first kappa shape index (κ1) is 5.10. The minimum absolute atomic E-state index is 0.843. The molecule has 1 aliphatic heterocycles. The van der Waals surface area contributed by atoms with Crippen LogP contribution in [0, 0.1) is 0 Å². The summed E-state index contributed by atoms with van der Waals surface area (Å²) in [6, 6.07) is 1.69. The van der Waals surface area contributed by atoms with Gasteiger partial charge in [-0.2, -0.15) is 0 Å². The Morgan fingerprint density at radius 1 is 1.29 bits per heavy atom. The first-order valence-electron chi connectivity index (χ1n) is 2.93. The van der Waals surface area contributed by atoms with Gasteiger partial charge in [0.2, 0.25) is 0 Å². The van der Waals surface area contributed by atoms with Crippen LogP contribution in [0.1, 0.15) is 20.3 Å². The van der Waals surface area contributed by atoms with E-state index in [0.717, 1.165) is 12.1 Å². The van der Waals surface area contributed by atoms with Crippen molar-refractivity contribution in [3.8, 4) is 0 Å². The normalized spacial score (nSPS) is 43.3. The lowest BCUT2D eigenvalue weighted by molar-refractivity contribution is 0.0697. The molecule has 0 aromatic heterocycles. The molecule has 2 atom stereocenters. The second kappa shape index (κ2) is 1.48. The summed E-state index contributed by atoms with van der Waals surface area (Å²) in [7, 11) is 2.18. The first-order chi connectivity index (χ1) is 3.22. The van der Waals surface area contributed by atoms with Crippen molar-refractivity contribution in [2.75, 3.05) is 7.05 Å². The molecule has 1 heteroatoms. The van der Waals surface area contributed by atoms with Gasteiger partial charge in [-0.15, -0.1) is 0 Å². The quantitative estimate of drug-likeness (QED) is 0.439. The van der Waals surface area contributed by atoms with Crippen molar-refractivity contribution in [1.82, 2.24) is 4.90 Å². The zero-order valence-corrected chi connectivity index (χ0v) is 5.31. The summed E-state index contributed by atoms with van der Waals surface area (Å²) in [5, 5.41) is 0. The van der Waals surface area contributed by atoms with Crippen LogP contribution in [0.4, 0.5) is 0 Å². The van der Waals surface area contributed by atoms with Crippen molar-refractivity contribution in [3.05, 3.63) is 0 Å². The number of likely N-dealkylation sites (tertiary alicyclic amines) is 1. The zero-order chi connectivity index (χ0) is 5.44. The van der Waals surface area contributed by atoms with Crippen molar-refractivity contribution >= 4 is 0 Å². The molecular weight excluding hydrogens is 86.1 g/mol. The molecule has 1 fully saturated rings. The molecule has 1 heterocycles. The van der Waals surface area contributed by atoms with Gasteiger partial charge >= 0.3 is 0 Å². The van der Waals surface area contributed by atoms with Gasteiger partial charge in [-0.05, 0) is 27.3 Å². The molecule has 0 aromatic carbocycles. The van der Waals surface area contributed by atoms with Crippen molar-refractivity contribution in [2.45, 2.75) is 32.4 Å². The lowest BCUT2D eigenvalue weighted by Gasteiger charge is -2.42. The molecule has 0 aliphatic carbocycles. The number of hydrogen-bond donors (Lipinski definition) is 0. The fourth-order valence-electron chi connectivity index (χ4n) is 1.12. The van der Waals surface area contributed by atoms with Crippen molar-refractivity contribution in [3.63, 3.8) is 0 Å². The third kappa shape index (κ3) is 0.653. The van der Waals surface area contributed by atoms with Crippen LogP contribution in [0.15, 0.2) is 0 Å². The van der Waals surface area contributed by atoms with Crippen LogP contribution in [0.2, 0.25) is 0 Å². The van der Waals surface area contributed by atoms with E-state index in [9.17, 15) is 0 Å². The van der Waals surface area contributed by atoms with E-state index in [0.29, 0.717) is 0 Å². The number of nitrogens with zero attached hydrogens (tertiary/aromatic N) is 1. The second-order valence-electron chi connectivity index (χ2n) is 2.60. The second-order valence-corrected chi connectivity index (χ2v) is 2.60. The summed E-state index contributed by atoms with van der Waals surface area (Å²) in [4.78, 5) is 2.39. The molecule has 0 amide bonds. The smallest absolute Gasteiger partial charge is 0.00814 e. The van der Waals surface area contributed by atoms with Crippen LogP contribution >= 0.6 is 0 Å². The Hall–Kier alpha value is -0.0400. The number of hydrogen-bond acceptors (Lipinski definition) is 1. The molecule has 0 unspecified atom stereocenters. The Balaban J connectivity index is 2.29. The fraction of sp³-hybridized carbons (Fsp3) is 1.00. The summed E-state index contributed by atoms with van der Waals surface area (Å²) in [5.41, 5.74) is 0. The van der Waals surface area contributed by atoms with Gasteiger partial charge in [-0.3, -0.25) is 0 Å². The van der Waals surface area contributed by atoms with Crippen LogP contribution in [0.3, 0.4) is 0 Å². The third-order valence-corrected chi connectivity index (χ3v) is 2.07. The predicted octanol–water partition coefficient (Wildman–Crippen LogP) is 1.10. The average Bonchev–Trinajstić information content (AvgIpc) is 1.68. The summed E-state index contributed by atoms with van der Waals surface area (Å²) in [6.07, 6.45) is 1.39. The summed E-state index contributed by atoms with van der Waals surface area (Å²) < 4.78 is 0. The standard InChI is InChI=1S/C6H13N/c1-5-4-6(2)7(5)3/h5-6H,4H2,1-3H3/t5-,6-/m1/s1. The SMILES string of the molecule is C[C@@H]1C[C@@H](C)N1C. The van der Waals surface area contributed by atoms with Gasteiger partial charge in [0.05, 0.1) is 0 Å². The van der Waals surface area contributed by atoms with Gasteiger partial charge < -0.3 is 4.90 Å². The lowest BCUT2D eigenvalue weighted by Crippen LogP contribution is -2.49. The largest absolute Gasteiger partial charge is 0.301 e. The van der Waals surface area contributed by atoms with E-state index in [-0.39, 0.29) is 0 Å². The summed E-state index contributed by atoms with van der Waals surface area (Å²) >= 11 is 0. The highest BCUT2D eigenvalue weighted by atomic mass is 15.2. The van der Waals surface area contributed by atoms with Crippen molar-refractivity contribution in [2.24, 2.45) is 0 Å². The topological polar surface area (TPSA) is 3.24 Å². The maximum Gasteiger partial charge on any atom is 0.00814 e. The van der Waals surface area contributed by atoms with E-state index in [4.69, 9.17) is 0 Å². The lowest BCUT2D eigenvalue weighted by atomic mass is 9.98. The molecule has 1 nitrogen and oxygen atoms in total. The minimum Gasteiger partial charge on any atom is -0.301 e. The van der Waals surface area contributed by atoms with Gasteiger partial charge in [-0.1, -0.05) is 0 Å². The Morgan fingerprint density at radius 2 is 1.71 bits per heavy atom. The summed E-state index contributed by atoms with van der Waals surface area (Å²) in [6.45, 7) is 4.53. The van der Waals surface area contributed by atoms with Crippen molar-refractivity contribution < 1.29 is 0 Å². The van der Waals surface area contributed by atoms with Gasteiger partial charge in [-0.25, -0.2) is 0 Å². The van der Waals surface area contributed by atoms with Gasteiger partial charge in [0.1, 0.15) is 0 Å². The molecule has 0 radical (unpaired) electrons. The Bertz CT molecular complexity index is 62.6. The maximum atomic E-state index is 2.39. The van der Waals surface area contributed by atoms with E-state index in [1.807, 2.05) is 0 Å². The van der Waals surface area contributed by atoms with Crippen LogP contribution in [-0.4, -0.2) is 24.0 Å². The molecule has 0 bridgehead atoms. The van der Waals surface area contributed by atoms with Crippen LogP contribution in [0.5, 0.6) is 0 Å². The van der Waals surface area contributed by atoms with E-state index >= 15 is 0 Å². The third-order valence-electron chi connectivity index (χ3n) is 2.07. The fourth-order valence-corrected chi connectivity index (χ4v) is 1.12. The first-order valence-corrected chi connectivity index (χ1v) is 2.93. The van der Waals surface area contributed by atoms with Gasteiger partial charge in [0.25, 0.3) is 0 Å². The monoisotopic (exact) mass is 99.1 g/mol. The molecule has 0 aromatic rings. The zero-order valence-electron chi connectivity index (χ0n) is 5.31. The molecule has 1 rings (SSSR count). The van der Waals surface area contributed by atoms with Crippen LogP contribution < -0.4 is 0 Å². The molecule has 1 saturated heterocycles. The van der Waals surface area contributed by atoms with Crippen LogP contribution in [0.25, 0.3) is 0 Å². The van der Waals surface area contributed by atoms with Crippen molar-refractivity contribution in [1.29, 1.82) is 0 Å². The molecule has 0 spiro atoms. The van der Waals surface area contributed by atoms with Gasteiger partial charge in [0, 0.05) is 12.1 Å².